The average molecular weight is 177 g/mol. The van der Waals surface area contributed by atoms with Gasteiger partial charge in [0.05, 0.1) is 6.23 Å². The molecule has 0 amide bonds. The van der Waals surface area contributed by atoms with Crippen LogP contribution in [0.25, 0.3) is 0 Å². The van der Waals surface area contributed by atoms with E-state index >= 15 is 0 Å². The predicted octanol–water partition coefficient (Wildman–Crippen LogP) is 0.477. The van der Waals surface area contributed by atoms with E-state index in [0.717, 1.165) is 6.42 Å². The molecule has 68 valence electrons. The first-order chi connectivity index (χ1) is 5.02. The number of nitrogens with two attached hydrogens (primary N) is 1. The first-order valence-corrected chi connectivity index (χ1v) is 7.12. The summed E-state index contributed by atoms with van der Waals surface area (Å²) in [5.41, 5.74) is 5.36. The Bertz CT molecular complexity index is 109. The molecule has 0 aliphatic rings. The Morgan fingerprint density at radius 2 is 2.09 bits per heavy atom. The van der Waals surface area contributed by atoms with Gasteiger partial charge in [0.15, 0.2) is 0 Å². The third-order valence-corrected chi connectivity index (χ3v) is 3.28. The van der Waals surface area contributed by atoms with E-state index in [9.17, 15) is 0 Å². The van der Waals surface area contributed by atoms with E-state index in [1.54, 1.807) is 0 Å². The maximum absolute atomic E-state index is 8.92. The summed E-state index contributed by atoms with van der Waals surface area (Å²) in [5.74, 6) is 0. The minimum Gasteiger partial charge on any atom is -0.412 e. The van der Waals surface area contributed by atoms with Gasteiger partial charge in [0, 0.05) is 6.10 Å². The van der Waals surface area contributed by atoms with E-state index in [4.69, 9.17) is 15.3 Å². The summed E-state index contributed by atoms with van der Waals surface area (Å²) in [6, 6.07) is 0. The third kappa shape index (κ3) is 5.38. The third-order valence-electron chi connectivity index (χ3n) is 1.47. The first kappa shape index (κ1) is 11.1. The lowest BCUT2D eigenvalue weighted by atomic mass is 10.3. The Hall–Kier alpha value is 0.0969. The second-order valence-electron chi connectivity index (χ2n) is 3.42. The highest BCUT2D eigenvalue weighted by Gasteiger charge is 2.23. The van der Waals surface area contributed by atoms with E-state index in [2.05, 4.69) is 0 Å². The molecule has 11 heavy (non-hydrogen) atoms. The van der Waals surface area contributed by atoms with Crippen molar-refractivity contribution in [1.29, 1.82) is 0 Å². The van der Waals surface area contributed by atoms with Crippen molar-refractivity contribution < 1.29 is 9.53 Å². The molecule has 0 rings (SSSR count). The Labute approximate surface area is 69.7 Å². The highest BCUT2D eigenvalue weighted by atomic mass is 28.4. The zero-order valence-corrected chi connectivity index (χ0v) is 8.63. The van der Waals surface area contributed by atoms with Crippen molar-refractivity contribution in [2.24, 2.45) is 5.73 Å². The van der Waals surface area contributed by atoms with Gasteiger partial charge >= 0.3 is 0 Å². The Kier molecular flexibility index (Phi) is 4.91. The molecule has 4 heteroatoms. The molecule has 0 bridgehead atoms. The topological polar surface area (TPSA) is 55.5 Å². The fourth-order valence-corrected chi connectivity index (χ4v) is 2.16. The van der Waals surface area contributed by atoms with Crippen LogP contribution in [-0.4, -0.2) is 32.3 Å². The van der Waals surface area contributed by atoms with Gasteiger partial charge < -0.3 is 15.3 Å². The van der Waals surface area contributed by atoms with Crippen molar-refractivity contribution >= 4 is 8.32 Å². The summed E-state index contributed by atoms with van der Waals surface area (Å²) in [7, 11) is -1.78. The van der Waals surface area contributed by atoms with E-state index in [1.165, 1.54) is 0 Å². The van der Waals surface area contributed by atoms with Gasteiger partial charge in [-0.05, 0) is 33.0 Å². The van der Waals surface area contributed by atoms with Crippen molar-refractivity contribution in [3.63, 3.8) is 0 Å². The molecule has 0 fully saturated rings. The Morgan fingerprint density at radius 3 is 2.45 bits per heavy atom. The molecular weight excluding hydrogens is 158 g/mol. The van der Waals surface area contributed by atoms with Crippen molar-refractivity contribution in [3.8, 4) is 0 Å². The molecule has 0 aromatic carbocycles. The highest BCUT2D eigenvalue weighted by Crippen LogP contribution is 2.08. The van der Waals surface area contributed by atoms with Crippen molar-refractivity contribution in [2.45, 2.75) is 32.5 Å². The molecule has 0 aromatic rings. The number of aliphatic hydroxyl groups excluding tert-OH is 1. The van der Waals surface area contributed by atoms with Gasteiger partial charge in [0.25, 0.3) is 0 Å². The largest absolute Gasteiger partial charge is 0.412 e. The smallest absolute Gasteiger partial charge is 0.212 e. The van der Waals surface area contributed by atoms with Gasteiger partial charge in [-0.1, -0.05) is 0 Å². The lowest BCUT2D eigenvalue weighted by molar-refractivity contribution is 0.185. The van der Waals surface area contributed by atoms with Gasteiger partial charge in [-0.15, -0.1) is 0 Å². The SMILES string of the molecule is CC(CCN)O[Si](C)(C)CO. The van der Waals surface area contributed by atoms with Crippen LogP contribution >= 0.6 is 0 Å². The van der Waals surface area contributed by atoms with Crippen molar-refractivity contribution in [2.75, 3.05) is 12.8 Å². The zero-order chi connectivity index (χ0) is 8.91. The minimum atomic E-state index is -1.78. The molecule has 3 nitrogen and oxygen atoms in total. The average Bonchev–Trinajstić information content (AvgIpc) is 1.87. The van der Waals surface area contributed by atoms with E-state index in [-0.39, 0.29) is 12.3 Å². The Morgan fingerprint density at radius 1 is 1.55 bits per heavy atom. The van der Waals surface area contributed by atoms with E-state index < -0.39 is 8.32 Å². The van der Waals surface area contributed by atoms with Crippen molar-refractivity contribution in [3.05, 3.63) is 0 Å². The van der Waals surface area contributed by atoms with Crippen LogP contribution in [0.2, 0.25) is 13.1 Å². The van der Waals surface area contributed by atoms with Crippen LogP contribution in [0.4, 0.5) is 0 Å². The van der Waals surface area contributed by atoms with Gasteiger partial charge in [0.2, 0.25) is 8.32 Å². The van der Waals surface area contributed by atoms with Crippen molar-refractivity contribution in [1.82, 2.24) is 0 Å². The molecule has 0 aliphatic carbocycles. The molecule has 0 aliphatic heterocycles. The van der Waals surface area contributed by atoms with Gasteiger partial charge in [-0.2, -0.15) is 0 Å². The predicted molar refractivity (Wildman–Crippen MR) is 48.8 cm³/mol. The summed E-state index contributed by atoms with van der Waals surface area (Å²) in [6.45, 7) is 6.65. The van der Waals surface area contributed by atoms with Gasteiger partial charge in [-0.25, -0.2) is 0 Å². The zero-order valence-electron chi connectivity index (χ0n) is 7.63. The summed E-state index contributed by atoms with van der Waals surface area (Å²) in [5, 5.41) is 8.92. The normalized spacial score (nSPS) is 15.0. The molecule has 1 unspecified atom stereocenters. The van der Waals surface area contributed by atoms with Gasteiger partial charge in [0.1, 0.15) is 0 Å². The van der Waals surface area contributed by atoms with E-state index in [0.29, 0.717) is 6.54 Å². The van der Waals surface area contributed by atoms with Crippen LogP contribution in [0.5, 0.6) is 0 Å². The van der Waals surface area contributed by atoms with E-state index in [1.807, 2.05) is 20.0 Å². The Balaban J connectivity index is 3.64. The molecule has 0 spiro atoms. The first-order valence-electron chi connectivity index (χ1n) is 4.00. The lowest BCUT2D eigenvalue weighted by Gasteiger charge is -2.24. The summed E-state index contributed by atoms with van der Waals surface area (Å²) >= 11 is 0. The molecule has 0 saturated carbocycles. The van der Waals surface area contributed by atoms with Gasteiger partial charge in [-0.3, -0.25) is 0 Å². The molecule has 3 N–H and O–H groups in total. The molecular formula is C7H19NO2Si. The summed E-state index contributed by atoms with van der Waals surface area (Å²) in [6.07, 6.45) is 1.24. The second kappa shape index (κ2) is 4.87. The minimum absolute atomic E-state index is 0.182. The maximum atomic E-state index is 8.92. The molecule has 0 aromatic heterocycles. The van der Waals surface area contributed by atoms with Crippen LogP contribution in [0.1, 0.15) is 13.3 Å². The molecule has 0 heterocycles. The number of hydrogen-bond donors (Lipinski definition) is 2. The fourth-order valence-electron chi connectivity index (χ4n) is 0.876. The number of rotatable bonds is 5. The molecule has 1 atom stereocenters. The van der Waals surface area contributed by atoms with Crippen LogP contribution in [-0.2, 0) is 4.43 Å². The summed E-state index contributed by atoms with van der Waals surface area (Å²) < 4.78 is 5.64. The second-order valence-corrected chi connectivity index (χ2v) is 7.49. The standard InChI is InChI=1S/C7H19NO2Si/c1-7(4-5-8)10-11(2,3)6-9/h7,9H,4-6,8H2,1-3H3. The van der Waals surface area contributed by atoms with Crippen LogP contribution in [0.15, 0.2) is 0 Å². The number of aliphatic hydroxyl groups is 1. The fraction of sp³-hybridized carbons (Fsp3) is 1.00. The quantitative estimate of drug-likeness (QED) is 0.600. The lowest BCUT2D eigenvalue weighted by Crippen LogP contribution is -2.39. The molecule has 0 radical (unpaired) electrons. The van der Waals surface area contributed by atoms with Crippen LogP contribution in [0.3, 0.4) is 0 Å². The van der Waals surface area contributed by atoms with Crippen LogP contribution < -0.4 is 5.73 Å². The highest BCUT2D eigenvalue weighted by molar-refractivity contribution is 6.71. The monoisotopic (exact) mass is 177 g/mol. The van der Waals surface area contributed by atoms with Crippen LogP contribution in [0, 0.1) is 0 Å². The summed E-state index contributed by atoms with van der Waals surface area (Å²) in [4.78, 5) is 0. The number of hydrogen-bond acceptors (Lipinski definition) is 3. The maximum Gasteiger partial charge on any atom is 0.212 e. The molecule has 0 saturated heterocycles.